The van der Waals surface area contributed by atoms with Gasteiger partial charge in [0.05, 0.1) is 11.6 Å². The van der Waals surface area contributed by atoms with Crippen LogP contribution in [0.15, 0.2) is 39.5 Å². The minimum absolute atomic E-state index is 0.187. The van der Waals surface area contributed by atoms with Gasteiger partial charge in [-0.25, -0.2) is 4.79 Å². The summed E-state index contributed by atoms with van der Waals surface area (Å²) in [6.07, 6.45) is 0. The number of nitrogens with zero attached hydrogens (tertiary/aromatic N) is 1. The number of rotatable bonds is 3. The van der Waals surface area contributed by atoms with E-state index >= 15 is 0 Å². The number of fused-ring (bicyclic) bond motifs is 1. The number of benzene rings is 1. The molecule has 0 radical (unpaired) electrons. The van der Waals surface area contributed by atoms with Crippen LogP contribution < -0.4 is 11.5 Å². The van der Waals surface area contributed by atoms with E-state index in [0.717, 1.165) is 16.0 Å². The molecule has 104 valence electrons. The molecule has 4 nitrogen and oxygen atoms in total. The zero-order valence-corrected chi connectivity index (χ0v) is 12.2. The molecular formula is C15H16N2O2S. The van der Waals surface area contributed by atoms with Gasteiger partial charge in [0.1, 0.15) is 0 Å². The van der Waals surface area contributed by atoms with Gasteiger partial charge >= 0.3 is 5.76 Å². The Balaban J connectivity index is 2.07. The maximum atomic E-state index is 11.7. The maximum Gasteiger partial charge on any atom is 0.419 e. The highest BCUT2D eigenvalue weighted by Gasteiger charge is 2.14. The molecule has 0 aliphatic carbocycles. The molecule has 0 aliphatic rings. The van der Waals surface area contributed by atoms with Crippen molar-refractivity contribution in [2.75, 3.05) is 0 Å². The van der Waals surface area contributed by atoms with Crippen molar-refractivity contribution in [2.24, 2.45) is 5.73 Å². The van der Waals surface area contributed by atoms with E-state index in [1.807, 2.05) is 31.2 Å². The van der Waals surface area contributed by atoms with E-state index < -0.39 is 0 Å². The number of aryl methyl sites for hydroxylation is 2. The number of hydrogen-bond donors (Lipinski definition) is 1. The number of aromatic nitrogens is 1. The van der Waals surface area contributed by atoms with Crippen LogP contribution in [-0.4, -0.2) is 4.57 Å². The van der Waals surface area contributed by atoms with Gasteiger partial charge < -0.3 is 10.2 Å². The average Bonchev–Trinajstić information content (AvgIpc) is 2.99. The Morgan fingerprint density at radius 3 is 2.80 bits per heavy atom. The highest BCUT2D eigenvalue weighted by Crippen LogP contribution is 2.28. The van der Waals surface area contributed by atoms with Crippen LogP contribution in [0.2, 0.25) is 0 Å². The van der Waals surface area contributed by atoms with Gasteiger partial charge in [-0.3, -0.25) is 4.57 Å². The van der Waals surface area contributed by atoms with E-state index in [2.05, 4.69) is 13.0 Å². The molecule has 0 saturated carbocycles. The lowest BCUT2D eigenvalue weighted by atomic mass is 10.1. The topological polar surface area (TPSA) is 61.2 Å². The van der Waals surface area contributed by atoms with Crippen molar-refractivity contribution in [1.82, 2.24) is 4.57 Å². The SMILES string of the molecule is CCn1c(=O)oc2cc(C(N)c3ccc(C)s3)ccc21. The summed E-state index contributed by atoms with van der Waals surface area (Å²) in [6, 6.07) is 9.65. The number of hydrogen-bond acceptors (Lipinski definition) is 4. The summed E-state index contributed by atoms with van der Waals surface area (Å²) in [5.74, 6) is -0.319. The molecule has 0 fully saturated rings. The fourth-order valence-electron chi connectivity index (χ4n) is 2.36. The predicted molar refractivity (Wildman–Crippen MR) is 81.2 cm³/mol. The smallest absolute Gasteiger partial charge is 0.408 e. The standard InChI is InChI=1S/C15H16N2O2S/c1-3-17-11-6-5-10(8-12(11)19-15(17)18)14(16)13-7-4-9(2)20-13/h4-8,14H,3,16H2,1-2H3. The number of nitrogens with two attached hydrogens (primary N) is 1. The monoisotopic (exact) mass is 288 g/mol. The van der Waals surface area contributed by atoms with E-state index in [1.165, 1.54) is 4.88 Å². The van der Waals surface area contributed by atoms with E-state index in [-0.39, 0.29) is 11.8 Å². The van der Waals surface area contributed by atoms with Crippen molar-refractivity contribution in [3.63, 3.8) is 0 Å². The first-order valence-corrected chi connectivity index (χ1v) is 7.37. The van der Waals surface area contributed by atoms with E-state index in [0.29, 0.717) is 12.1 Å². The minimum atomic E-state index is -0.319. The molecule has 3 aromatic rings. The lowest BCUT2D eigenvalue weighted by Gasteiger charge is -2.09. The Labute approximate surface area is 120 Å². The molecule has 2 heterocycles. The van der Waals surface area contributed by atoms with E-state index in [1.54, 1.807) is 15.9 Å². The number of thiophene rings is 1. The molecule has 3 rings (SSSR count). The van der Waals surface area contributed by atoms with Crippen LogP contribution in [0.25, 0.3) is 11.1 Å². The Kier molecular flexibility index (Phi) is 3.23. The Hall–Kier alpha value is -1.85. The molecule has 0 bridgehead atoms. The van der Waals surface area contributed by atoms with E-state index in [9.17, 15) is 4.79 Å². The molecular weight excluding hydrogens is 272 g/mol. The fraction of sp³-hybridized carbons (Fsp3) is 0.267. The minimum Gasteiger partial charge on any atom is -0.408 e. The van der Waals surface area contributed by atoms with Crippen molar-refractivity contribution >= 4 is 22.4 Å². The van der Waals surface area contributed by atoms with Crippen molar-refractivity contribution < 1.29 is 4.42 Å². The molecule has 1 atom stereocenters. The summed E-state index contributed by atoms with van der Waals surface area (Å²) in [5, 5.41) is 0. The van der Waals surface area contributed by atoms with Crippen LogP contribution in [-0.2, 0) is 6.54 Å². The van der Waals surface area contributed by atoms with Gasteiger partial charge in [-0.15, -0.1) is 11.3 Å². The molecule has 5 heteroatoms. The van der Waals surface area contributed by atoms with Crippen molar-refractivity contribution in [2.45, 2.75) is 26.4 Å². The highest BCUT2D eigenvalue weighted by molar-refractivity contribution is 7.12. The normalized spacial score (nSPS) is 12.9. The lowest BCUT2D eigenvalue weighted by molar-refractivity contribution is 0.513. The summed E-state index contributed by atoms with van der Waals surface area (Å²) in [6.45, 7) is 4.58. The van der Waals surface area contributed by atoms with Gasteiger partial charge in [0.25, 0.3) is 0 Å². The fourth-order valence-corrected chi connectivity index (χ4v) is 3.27. The van der Waals surface area contributed by atoms with Gasteiger partial charge in [0.2, 0.25) is 0 Å². The first-order valence-electron chi connectivity index (χ1n) is 6.55. The third kappa shape index (κ3) is 2.09. The van der Waals surface area contributed by atoms with Gasteiger partial charge in [-0.05, 0) is 43.7 Å². The lowest BCUT2D eigenvalue weighted by Crippen LogP contribution is -2.12. The van der Waals surface area contributed by atoms with Crippen LogP contribution in [0.3, 0.4) is 0 Å². The van der Waals surface area contributed by atoms with Gasteiger partial charge in [-0.2, -0.15) is 0 Å². The van der Waals surface area contributed by atoms with Crippen LogP contribution in [0, 0.1) is 6.92 Å². The van der Waals surface area contributed by atoms with Crippen LogP contribution in [0.1, 0.15) is 28.3 Å². The summed E-state index contributed by atoms with van der Waals surface area (Å²) >= 11 is 1.69. The second-order valence-electron chi connectivity index (χ2n) is 4.77. The highest BCUT2D eigenvalue weighted by atomic mass is 32.1. The summed E-state index contributed by atoms with van der Waals surface area (Å²) in [5.41, 5.74) is 8.65. The predicted octanol–water partition coefficient (Wildman–Crippen LogP) is 3.03. The average molecular weight is 288 g/mol. The molecule has 1 aromatic carbocycles. The number of oxazole rings is 1. The molecule has 2 aromatic heterocycles. The van der Waals surface area contributed by atoms with Crippen molar-refractivity contribution in [3.8, 4) is 0 Å². The quantitative estimate of drug-likeness (QED) is 0.805. The molecule has 2 N–H and O–H groups in total. The molecule has 0 saturated heterocycles. The molecule has 20 heavy (non-hydrogen) atoms. The molecule has 0 aliphatic heterocycles. The van der Waals surface area contributed by atoms with Crippen LogP contribution >= 0.6 is 11.3 Å². The Morgan fingerprint density at radius 1 is 1.35 bits per heavy atom. The van der Waals surface area contributed by atoms with Gasteiger partial charge in [-0.1, -0.05) is 6.07 Å². The largest absolute Gasteiger partial charge is 0.419 e. The van der Waals surface area contributed by atoms with Gasteiger partial charge in [0, 0.05) is 16.3 Å². The van der Waals surface area contributed by atoms with Gasteiger partial charge in [0.15, 0.2) is 5.58 Å². The second kappa shape index (κ2) is 4.92. The first kappa shape index (κ1) is 13.1. The maximum absolute atomic E-state index is 11.7. The Morgan fingerprint density at radius 2 is 2.15 bits per heavy atom. The third-order valence-corrected chi connectivity index (χ3v) is 4.52. The summed E-state index contributed by atoms with van der Waals surface area (Å²) in [4.78, 5) is 14.0. The van der Waals surface area contributed by atoms with Crippen LogP contribution in [0.5, 0.6) is 0 Å². The first-order chi connectivity index (χ1) is 9.60. The van der Waals surface area contributed by atoms with E-state index in [4.69, 9.17) is 10.2 Å². The zero-order valence-electron chi connectivity index (χ0n) is 11.4. The summed E-state index contributed by atoms with van der Waals surface area (Å²) in [7, 11) is 0. The molecule has 0 amide bonds. The molecule has 0 spiro atoms. The zero-order chi connectivity index (χ0) is 14.3. The van der Waals surface area contributed by atoms with Crippen LogP contribution in [0.4, 0.5) is 0 Å². The second-order valence-corrected chi connectivity index (χ2v) is 6.08. The molecule has 1 unspecified atom stereocenters. The van der Waals surface area contributed by atoms with Crippen molar-refractivity contribution in [1.29, 1.82) is 0 Å². The summed E-state index contributed by atoms with van der Waals surface area (Å²) < 4.78 is 6.89. The Bertz CT molecular complexity index is 813. The third-order valence-electron chi connectivity index (χ3n) is 3.44. The van der Waals surface area contributed by atoms with Crippen molar-refractivity contribution in [3.05, 3.63) is 56.2 Å².